The summed E-state index contributed by atoms with van der Waals surface area (Å²) in [4.78, 5) is 7.93. The Labute approximate surface area is 118 Å². The molecule has 0 saturated heterocycles. The van der Waals surface area contributed by atoms with Gasteiger partial charge in [-0.3, -0.25) is 0 Å². The van der Waals surface area contributed by atoms with Crippen molar-refractivity contribution in [2.75, 3.05) is 5.32 Å². The summed E-state index contributed by atoms with van der Waals surface area (Å²) in [5.41, 5.74) is -0.540. The summed E-state index contributed by atoms with van der Waals surface area (Å²) in [7, 11) is 0. The molecular formula is C13H11ClF3N3. The fourth-order valence-corrected chi connectivity index (χ4v) is 1.87. The molecule has 0 fully saturated rings. The summed E-state index contributed by atoms with van der Waals surface area (Å²) in [6, 6.07) is 5.37. The molecule has 0 atom stereocenters. The number of aryl methyl sites for hydroxylation is 1. The molecule has 2 rings (SSSR count). The van der Waals surface area contributed by atoms with Crippen molar-refractivity contribution >= 4 is 17.4 Å². The van der Waals surface area contributed by atoms with Crippen LogP contribution >= 0.6 is 11.6 Å². The lowest BCUT2D eigenvalue weighted by Gasteiger charge is -2.14. The molecule has 0 aliphatic heterocycles. The van der Waals surface area contributed by atoms with Gasteiger partial charge in [0.25, 0.3) is 0 Å². The van der Waals surface area contributed by atoms with Crippen LogP contribution in [0.3, 0.4) is 0 Å². The largest absolute Gasteiger partial charge is 0.416 e. The van der Waals surface area contributed by atoms with E-state index in [4.69, 9.17) is 11.6 Å². The maximum atomic E-state index is 12.8. The third-order valence-corrected chi connectivity index (χ3v) is 2.91. The van der Waals surface area contributed by atoms with Gasteiger partial charge >= 0.3 is 6.18 Å². The summed E-state index contributed by atoms with van der Waals surface area (Å²) in [6.07, 6.45) is -2.98. The second kappa shape index (κ2) is 5.66. The highest BCUT2D eigenvalue weighted by atomic mass is 35.5. The number of halogens is 4. The predicted molar refractivity (Wildman–Crippen MR) is 70.5 cm³/mol. The van der Waals surface area contributed by atoms with Crippen LogP contribution < -0.4 is 5.32 Å². The number of aromatic nitrogens is 2. The standard InChI is InChI=1S/C13H11ClF3N3/c1-8-18-7-11(14)12(20-8)19-6-9-4-2-3-5-10(9)13(15,16)17/h2-5,7H,6H2,1H3,(H,18,19,20). The van der Waals surface area contributed by atoms with Gasteiger partial charge in [-0.05, 0) is 18.6 Å². The van der Waals surface area contributed by atoms with Crippen molar-refractivity contribution in [1.29, 1.82) is 0 Å². The number of hydrogen-bond acceptors (Lipinski definition) is 3. The number of anilines is 1. The Bertz CT molecular complexity index is 614. The quantitative estimate of drug-likeness (QED) is 0.928. The average molecular weight is 302 g/mol. The van der Waals surface area contributed by atoms with Gasteiger partial charge in [0.05, 0.1) is 11.8 Å². The summed E-state index contributed by atoms with van der Waals surface area (Å²) >= 11 is 5.88. The molecule has 0 aliphatic carbocycles. The first-order valence-corrected chi connectivity index (χ1v) is 6.14. The Kier molecular flexibility index (Phi) is 4.13. The third-order valence-electron chi connectivity index (χ3n) is 2.63. The molecule has 0 spiro atoms. The summed E-state index contributed by atoms with van der Waals surface area (Å²) in [5.74, 6) is 0.803. The average Bonchev–Trinajstić information content (AvgIpc) is 2.39. The molecule has 0 radical (unpaired) electrons. The van der Waals surface area contributed by atoms with Gasteiger partial charge in [0, 0.05) is 6.54 Å². The minimum atomic E-state index is -4.39. The fourth-order valence-electron chi connectivity index (χ4n) is 1.71. The zero-order valence-corrected chi connectivity index (χ0v) is 11.3. The number of nitrogens with zero attached hydrogens (tertiary/aromatic N) is 2. The van der Waals surface area contributed by atoms with Crippen LogP contribution in [0.25, 0.3) is 0 Å². The van der Waals surface area contributed by atoms with Crippen molar-refractivity contribution in [3.05, 3.63) is 52.4 Å². The zero-order valence-electron chi connectivity index (χ0n) is 10.5. The molecule has 7 heteroatoms. The number of hydrogen-bond donors (Lipinski definition) is 1. The van der Waals surface area contributed by atoms with E-state index >= 15 is 0 Å². The van der Waals surface area contributed by atoms with E-state index in [1.165, 1.54) is 18.3 Å². The molecule has 0 bridgehead atoms. The Hall–Kier alpha value is -1.82. The van der Waals surface area contributed by atoms with Crippen molar-refractivity contribution in [3.8, 4) is 0 Å². The zero-order chi connectivity index (χ0) is 14.8. The molecule has 106 valence electrons. The van der Waals surface area contributed by atoms with Gasteiger partial charge in [-0.15, -0.1) is 0 Å². The van der Waals surface area contributed by atoms with E-state index in [-0.39, 0.29) is 17.1 Å². The smallest absolute Gasteiger partial charge is 0.365 e. The summed E-state index contributed by atoms with van der Waals surface area (Å²) < 4.78 is 38.5. The van der Waals surface area contributed by atoms with E-state index in [0.29, 0.717) is 11.6 Å². The van der Waals surface area contributed by atoms with E-state index in [2.05, 4.69) is 15.3 Å². The Morgan fingerprint density at radius 2 is 1.95 bits per heavy atom. The topological polar surface area (TPSA) is 37.8 Å². The van der Waals surface area contributed by atoms with E-state index in [0.717, 1.165) is 6.07 Å². The molecule has 1 N–H and O–H groups in total. The van der Waals surface area contributed by atoms with Crippen LogP contribution in [0.4, 0.5) is 19.0 Å². The summed E-state index contributed by atoms with van der Waals surface area (Å²) in [5, 5.41) is 3.06. The van der Waals surface area contributed by atoms with E-state index < -0.39 is 11.7 Å². The number of alkyl halides is 3. The lowest BCUT2D eigenvalue weighted by atomic mass is 10.1. The van der Waals surface area contributed by atoms with Crippen molar-refractivity contribution in [3.63, 3.8) is 0 Å². The van der Waals surface area contributed by atoms with Crippen LogP contribution in [-0.2, 0) is 12.7 Å². The highest BCUT2D eigenvalue weighted by Crippen LogP contribution is 2.32. The SMILES string of the molecule is Cc1ncc(Cl)c(NCc2ccccc2C(F)(F)F)n1. The van der Waals surface area contributed by atoms with Gasteiger partial charge in [-0.1, -0.05) is 29.8 Å². The van der Waals surface area contributed by atoms with Gasteiger partial charge in [0.1, 0.15) is 16.7 Å². The van der Waals surface area contributed by atoms with Crippen molar-refractivity contribution in [2.45, 2.75) is 19.6 Å². The predicted octanol–water partition coefficient (Wildman–Crippen LogP) is 4.07. The Balaban J connectivity index is 2.21. The normalized spacial score (nSPS) is 11.4. The van der Waals surface area contributed by atoms with Gasteiger partial charge in [-0.25, -0.2) is 9.97 Å². The van der Waals surface area contributed by atoms with Gasteiger partial charge < -0.3 is 5.32 Å². The van der Waals surface area contributed by atoms with Crippen LogP contribution in [0, 0.1) is 6.92 Å². The van der Waals surface area contributed by atoms with Crippen LogP contribution in [-0.4, -0.2) is 9.97 Å². The van der Waals surface area contributed by atoms with Crippen molar-refractivity contribution in [2.24, 2.45) is 0 Å². The first-order valence-electron chi connectivity index (χ1n) is 5.76. The van der Waals surface area contributed by atoms with Crippen molar-refractivity contribution < 1.29 is 13.2 Å². The maximum absolute atomic E-state index is 12.8. The third kappa shape index (κ3) is 3.39. The summed E-state index contributed by atoms with van der Waals surface area (Å²) in [6.45, 7) is 1.65. The molecule has 1 aromatic heterocycles. The molecule has 1 aromatic carbocycles. The number of nitrogens with one attached hydrogen (secondary N) is 1. The van der Waals surface area contributed by atoms with Crippen LogP contribution in [0.5, 0.6) is 0 Å². The van der Waals surface area contributed by atoms with Crippen LogP contribution in [0.15, 0.2) is 30.5 Å². The highest BCUT2D eigenvalue weighted by Gasteiger charge is 2.32. The van der Waals surface area contributed by atoms with Gasteiger partial charge in [-0.2, -0.15) is 13.2 Å². The van der Waals surface area contributed by atoms with E-state index in [1.54, 1.807) is 13.0 Å². The van der Waals surface area contributed by atoms with Crippen molar-refractivity contribution in [1.82, 2.24) is 9.97 Å². The Morgan fingerprint density at radius 3 is 2.65 bits per heavy atom. The van der Waals surface area contributed by atoms with E-state index in [9.17, 15) is 13.2 Å². The highest BCUT2D eigenvalue weighted by molar-refractivity contribution is 6.32. The molecule has 0 aliphatic rings. The lowest BCUT2D eigenvalue weighted by molar-refractivity contribution is -0.138. The molecule has 0 unspecified atom stereocenters. The molecular weight excluding hydrogens is 291 g/mol. The fraction of sp³-hybridized carbons (Fsp3) is 0.231. The van der Waals surface area contributed by atoms with Crippen LogP contribution in [0.1, 0.15) is 17.0 Å². The van der Waals surface area contributed by atoms with Gasteiger partial charge in [0.2, 0.25) is 0 Å². The molecule has 20 heavy (non-hydrogen) atoms. The molecule has 3 nitrogen and oxygen atoms in total. The monoisotopic (exact) mass is 301 g/mol. The number of benzene rings is 1. The molecule has 1 heterocycles. The minimum absolute atomic E-state index is 0.0220. The maximum Gasteiger partial charge on any atom is 0.416 e. The first-order chi connectivity index (χ1) is 9.38. The Morgan fingerprint density at radius 1 is 1.25 bits per heavy atom. The molecule has 2 aromatic rings. The number of rotatable bonds is 3. The second-order valence-electron chi connectivity index (χ2n) is 4.12. The molecule has 0 saturated carbocycles. The van der Waals surface area contributed by atoms with Crippen LogP contribution in [0.2, 0.25) is 5.02 Å². The lowest BCUT2D eigenvalue weighted by Crippen LogP contribution is -2.12. The first kappa shape index (κ1) is 14.6. The van der Waals surface area contributed by atoms with Gasteiger partial charge in [0.15, 0.2) is 0 Å². The van der Waals surface area contributed by atoms with E-state index in [1.807, 2.05) is 0 Å². The molecule has 0 amide bonds. The second-order valence-corrected chi connectivity index (χ2v) is 4.53. The minimum Gasteiger partial charge on any atom is -0.365 e.